The fraction of sp³-hybridized carbons (Fsp3) is 0. The van der Waals surface area contributed by atoms with E-state index >= 15 is 0 Å². The smallest absolute Gasteiger partial charge is 0.281 e. The summed E-state index contributed by atoms with van der Waals surface area (Å²) in [5.74, 6) is 0.194. The van der Waals surface area contributed by atoms with Crippen molar-refractivity contribution in [3.05, 3.63) is 78.1 Å². The first-order valence-electron chi connectivity index (χ1n) is 7.85. The zero-order chi connectivity index (χ0) is 17.2. The minimum Gasteiger partial charge on any atom is -0.399 e. The third-order valence-corrected chi connectivity index (χ3v) is 4.02. The molecule has 0 spiro atoms. The molecule has 0 bridgehead atoms. The summed E-state index contributed by atoms with van der Waals surface area (Å²) in [7, 11) is 0. The summed E-state index contributed by atoms with van der Waals surface area (Å²) in [5.41, 5.74) is 10.4. The summed E-state index contributed by atoms with van der Waals surface area (Å²) >= 11 is 0. The van der Waals surface area contributed by atoms with E-state index in [0.29, 0.717) is 17.1 Å². The van der Waals surface area contributed by atoms with Crippen LogP contribution in [0.1, 0.15) is 15.9 Å². The normalized spacial score (nSPS) is 12.4. The maximum absolute atomic E-state index is 12.4. The van der Waals surface area contributed by atoms with Gasteiger partial charge in [-0.15, -0.1) is 0 Å². The second-order valence-electron chi connectivity index (χ2n) is 5.67. The van der Waals surface area contributed by atoms with Gasteiger partial charge in [0.2, 0.25) is 0 Å². The number of nitrogens with one attached hydrogen (secondary N) is 1. The number of pyridine rings is 1. The Balaban J connectivity index is 1.84. The van der Waals surface area contributed by atoms with Crippen LogP contribution in [0.4, 0.5) is 17.2 Å². The van der Waals surface area contributed by atoms with Crippen molar-refractivity contribution in [2.45, 2.75) is 0 Å². The van der Waals surface area contributed by atoms with Crippen molar-refractivity contribution in [1.29, 1.82) is 0 Å². The van der Waals surface area contributed by atoms with Crippen LogP contribution in [0.15, 0.2) is 67.0 Å². The van der Waals surface area contributed by atoms with Gasteiger partial charge in [0.05, 0.1) is 5.56 Å². The molecule has 0 aliphatic carbocycles. The van der Waals surface area contributed by atoms with E-state index in [1.54, 1.807) is 6.20 Å². The van der Waals surface area contributed by atoms with Gasteiger partial charge in [-0.3, -0.25) is 4.79 Å². The largest absolute Gasteiger partial charge is 0.399 e. The van der Waals surface area contributed by atoms with Crippen molar-refractivity contribution < 1.29 is 4.79 Å². The van der Waals surface area contributed by atoms with Crippen LogP contribution in [0, 0.1) is 0 Å². The molecule has 121 valence electrons. The number of fused-ring (bicyclic) bond motifs is 1. The van der Waals surface area contributed by atoms with Gasteiger partial charge >= 0.3 is 0 Å². The van der Waals surface area contributed by atoms with Gasteiger partial charge in [-0.2, -0.15) is 0 Å². The predicted octanol–water partition coefficient (Wildman–Crippen LogP) is 3.80. The second-order valence-corrected chi connectivity index (χ2v) is 5.67. The van der Waals surface area contributed by atoms with Crippen molar-refractivity contribution in [3.63, 3.8) is 0 Å². The summed E-state index contributed by atoms with van der Waals surface area (Å²) in [4.78, 5) is 16.9. The lowest BCUT2D eigenvalue weighted by Crippen LogP contribution is -2.18. The number of para-hydroxylation sites is 1. The highest BCUT2D eigenvalue weighted by molar-refractivity contribution is 6.07. The zero-order valence-electron chi connectivity index (χ0n) is 13.3. The molecule has 4 rings (SSSR count). The van der Waals surface area contributed by atoms with E-state index in [1.807, 2.05) is 60.7 Å². The van der Waals surface area contributed by atoms with Crippen LogP contribution in [0.2, 0.25) is 0 Å². The Hall–Kier alpha value is -3.60. The summed E-state index contributed by atoms with van der Waals surface area (Å²) in [6, 6.07) is 17.1. The SMILES string of the molecule is Nc1ccc(-c2cnc(Nc3ccccc3)c3c2C=C[N]C3=O)cc1. The molecule has 1 radical (unpaired) electrons. The number of carbonyl (C=O) groups is 1. The maximum atomic E-state index is 12.4. The standard InChI is InChI=1S/C20H15N4O/c21-14-8-6-13(7-9-14)17-12-23-19(24-15-4-2-1-3-5-15)18-16(17)10-11-22-20(18)25/h1-12H,21H2,(H,23,24). The number of anilines is 3. The molecule has 25 heavy (non-hydrogen) atoms. The van der Waals surface area contributed by atoms with E-state index in [9.17, 15) is 4.79 Å². The maximum Gasteiger partial charge on any atom is 0.281 e. The van der Waals surface area contributed by atoms with Crippen LogP contribution in [0.3, 0.4) is 0 Å². The minimum atomic E-state index is -0.305. The first-order valence-corrected chi connectivity index (χ1v) is 7.85. The van der Waals surface area contributed by atoms with E-state index in [2.05, 4.69) is 15.6 Å². The molecule has 5 heteroatoms. The van der Waals surface area contributed by atoms with Crippen molar-refractivity contribution >= 4 is 29.2 Å². The van der Waals surface area contributed by atoms with Crippen LogP contribution in [-0.4, -0.2) is 10.9 Å². The lowest BCUT2D eigenvalue weighted by molar-refractivity contribution is 0.0965. The molecule has 2 aromatic carbocycles. The third kappa shape index (κ3) is 2.83. The van der Waals surface area contributed by atoms with Crippen LogP contribution < -0.4 is 16.4 Å². The molecule has 1 amide bonds. The molecule has 1 aliphatic heterocycles. The quantitative estimate of drug-likeness (QED) is 0.717. The van der Waals surface area contributed by atoms with Crippen molar-refractivity contribution in [3.8, 4) is 11.1 Å². The van der Waals surface area contributed by atoms with Gasteiger partial charge in [-0.05, 0) is 35.9 Å². The highest BCUT2D eigenvalue weighted by Crippen LogP contribution is 2.33. The lowest BCUT2D eigenvalue weighted by Gasteiger charge is -2.18. The zero-order valence-corrected chi connectivity index (χ0v) is 13.3. The van der Waals surface area contributed by atoms with E-state index in [-0.39, 0.29) is 5.91 Å². The molecule has 1 aromatic heterocycles. The number of amides is 1. The molecule has 5 nitrogen and oxygen atoms in total. The second kappa shape index (κ2) is 6.13. The Morgan fingerprint density at radius 1 is 0.960 bits per heavy atom. The Labute approximate surface area is 145 Å². The summed E-state index contributed by atoms with van der Waals surface area (Å²) in [6.45, 7) is 0. The number of benzene rings is 2. The predicted molar refractivity (Wildman–Crippen MR) is 99.3 cm³/mol. The van der Waals surface area contributed by atoms with Gasteiger partial charge in [0, 0.05) is 34.9 Å². The Bertz CT molecular complexity index is 963. The van der Waals surface area contributed by atoms with Gasteiger partial charge in [0.15, 0.2) is 0 Å². The Morgan fingerprint density at radius 2 is 1.72 bits per heavy atom. The average molecular weight is 327 g/mol. The molecule has 0 atom stereocenters. The topological polar surface area (TPSA) is 82.1 Å². The van der Waals surface area contributed by atoms with Crippen molar-refractivity contribution in [2.24, 2.45) is 0 Å². The fourth-order valence-corrected chi connectivity index (χ4v) is 2.80. The van der Waals surface area contributed by atoms with Gasteiger partial charge in [-0.25, -0.2) is 10.3 Å². The van der Waals surface area contributed by atoms with Gasteiger partial charge in [0.25, 0.3) is 5.91 Å². The molecular formula is C20H15N4O. The van der Waals surface area contributed by atoms with Gasteiger partial charge < -0.3 is 11.1 Å². The molecule has 0 unspecified atom stereocenters. The van der Waals surface area contributed by atoms with Crippen molar-refractivity contribution in [1.82, 2.24) is 10.3 Å². The number of hydrogen-bond acceptors (Lipinski definition) is 4. The number of nitrogens with zero attached hydrogens (tertiary/aromatic N) is 2. The number of aromatic nitrogens is 1. The van der Waals surface area contributed by atoms with Crippen LogP contribution in [0.5, 0.6) is 0 Å². The Kier molecular flexibility index (Phi) is 3.67. The third-order valence-electron chi connectivity index (χ3n) is 4.02. The number of hydrogen-bond donors (Lipinski definition) is 2. The number of rotatable bonds is 3. The van der Waals surface area contributed by atoms with Crippen LogP contribution in [-0.2, 0) is 0 Å². The van der Waals surface area contributed by atoms with E-state index in [4.69, 9.17) is 5.73 Å². The van der Waals surface area contributed by atoms with Crippen LogP contribution in [0.25, 0.3) is 17.2 Å². The molecule has 3 aromatic rings. The number of carbonyl (C=O) groups excluding carboxylic acids is 1. The monoisotopic (exact) mass is 327 g/mol. The van der Waals surface area contributed by atoms with Gasteiger partial charge in [-0.1, -0.05) is 30.3 Å². The summed E-state index contributed by atoms with van der Waals surface area (Å²) in [6.07, 6.45) is 5.12. The molecule has 0 fully saturated rings. The first-order chi connectivity index (χ1) is 12.2. The highest BCUT2D eigenvalue weighted by atomic mass is 16.1. The molecule has 0 saturated carbocycles. The summed E-state index contributed by atoms with van der Waals surface area (Å²) < 4.78 is 0. The molecule has 0 saturated heterocycles. The fourth-order valence-electron chi connectivity index (χ4n) is 2.80. The highest BCUT2D eigenvalue weighted by Gasteiger charge is 2.23. The van der Waals surface area contributed by atoms with E-state index < -0.39 is 0 Å². The first kappa shape index (κ1) is 15.0. The van der Waals surface area contributed by atoms with E-state index in [1.165, 1.54) is 6.20 Å². The van der Waals surface area contributed by atoms with Crippen molar-refractivity contribution in [2.75, 3.05) is 11.1 Å². The lowest BCUT2D eigenvalue weighted by atomic mass is 9.95. The number of nitrogens with two attached hydrogens (primary N) is 1. The molecular weight excluding hydrogens is 312 g/mol. The molecule has 3 N–H and O–H groups in total. The van der Waals surface area contributed by atoms with Gasteiger partial charge in [0.1, 0.15) is 5.82 Å². The number of nitrogen functional groups attached to an aromatic ring is 1. The van der Waals surface area contributed by atoms with E-state index in [0.717, 1.165) is 22.4 Å². The average Bonchev–Trinajstić information content (AvgIpc) is 2.64. The molecule has 1 aliphatic rings. The summed E-state index contributed by atoms with van der Waals surface area (Å²) in [5, 5.41) is 7.11. The van der Waals surface area contributed by atoms with Crippen LogP contribution >= 0.6 is 0 Å². The Morgan fingerprint density at radius 3 is 2.48 bits per heavy atom. The molecule has 2 heterocycles. The minimum absolute atomic E-state index is 0.305.